The molecule has 3 nitrogen and oxygen atoms in total. The lowest BCUT2D eigenvalue weighted by molar-refractivity contribution is 0.330. The topological polar surface area (TPSA) is 36.4 Å². The largest absolute Gasteiger partial charge is 0.382 e. The third kappa shape index (κ3) is 1.71. The van der Waals surface area contributed by atoms with Crippen LogP contribution in [0.3, 0.4) is 0 Å². The number of aliphatic imine (C=N–C) groups is 1. The molecule has 2 aliphatic heterocycles. The first kappa shape index (κ1) is 9.85. The number of rotatable bonds is 0. The zero-order valence-corrected chi connectivity index (χ0v) is 9.37. The number of piperidine rings is 1. The van der Waals surface area contributed by atoms with Gasteiger partial charge in [0, 0.05) is 24.0 Å². The van der Waals surface area contributed by atoms with Gasteiger partial charge in [0.25, 0.3) is 0 Å². The van der Waals surface area contributed by atoms with E-state index in [1.165, 1.54) is 11.3 Å². The van der Waals surface area contributed by atoms with Crippen LogP contribution in [0.15, 0.2) is 29.3 Å². The van der Waals surface area contributed by atoms with Gasteiger partial charge in [-0.05, 0) is 32.0 Å². The van der Waals surface area contributed by atoms with Crippen LogP contribution in [0.25, 0.3) is 0 Å². The molecule has 2 N–H and O–H groups in total. The van der Waals surface area contributed by atoms with Crippen molar-refractivity contribution in [2.45, 2.75) is 18.4 Å². The molecule has 2 heterocycles. The third-order valence-corrected chi connectivity index (χ3v) is 3.58. The Morgan fingerprint density at radius 2 is 1.94 bits per heavy atom. The summed E-state index contributed by atoms with van der Waals surface area (Å²) < 4.78 is 0. The summed E-state index contributed by atoms with van der Waals surface area (Å²) in [7, 11) is 0. The molecule has 84 valence electrons. The Kier molecular flexibility index (Phi) is 2.40. The van der Waals surface area contributed by atoms with Gasteiger partial charge in [0.05, 0.1) is 5.54 Å². The monoisotopic (exact) mass is 215 g/mol. The molecule has 0 atom stereocenters. The van der Waals surface area contributed by atoms with Gasteiger partial charge in [-0.2, -0.15) is 0 Å². The van der Waals surface area contributed by atoms with Crippen molar-refractivity contribution in [1.82, 2.24) is 5.32 Å². The number of hydrogen-bond acceptors (Lipinski definition) is 3. The van der Waals surface area contributed by atoms with E-state index in [0.29, 0.717) is 0 Å². The SMILES string of the molecule is C1=NC2(CCNCC2)CNc2ccccc21. The third-order valence-electron chi connectivity index (χ3n) is 3.58. The molecule has 3 rings (SSSR count). The van der Waals surface area contributed by atoms with Crippen LogP contribution < -0.4 is 10.6 Å². The van der Waals surface area contributed by atoms with Gasteiger partial charge in [0.2, 0.25) is 0 Å². The van der Waals surface area contributed by atoms with Crippen molar-refractivity contribution in [3.63, 3.8) is 0 Å². The summed E-state index contributed by atoms with van der Waals surface area (Å²) in [5.41, 5.74) is 2.53. The van der Waals surface area contributed by atoms with E-state index in [0.717, 1.165) is 32.5 Å². The normalized spacial score (nSPS) is 22.2. The molecule has 3 heteroatoms. The summed E-state index contributed by atoms with van der Waals surface area (Å²) in [5.74, 6) is 0. The number of benzene rings is 1. The molecule has 0 aliphatic carbocycles. The lowest BCUT2D eigenvalue weighted by Gasteiger charge is -2.33. The van der Waals surface area contributed by atoms with Gasteiger partial charge in [0.1, 0.15) is 0 Å². The van der Waals surface area contributed by atoms with Crippen molar-refractivity contribution in [1.29, 1.82) is 0 Å². The Bertz CT molecular complexity index is 405. The second-order valence-electron chi connectivity index (χ2n) is 4.67. The first-order chi connectivity index (χ1) is 7.88. The number of hydrogen-bond donors (Lipinski definition) is 2. The number of fused-ring (bicyclic) bond motifs is 1. The molecule has 0 unspecified atom stereocenters. The van der Waals surface area contributed by atoms with E-state index in [1.54, 1.807) is 0 Å². The Morgan fingerprint density at radius 1 is 1.12 bits per heavy atom. The van der Waals surface area contributed by atoms with Gasteiger partial charge in [-0.15, -0.1) is 0 Å². The van der Waals surface area contributed by atoms with E-state index < -0.39 is 0 Å². The maximum atomic E-state index is 4.83. The molecule has 1 aromatic carbocycles. The number of nitrogens with one attached hydrogen (secondary N) is 2. The molecule has 1 aromatic rings. The highest BCUT2D eigenvalue weighted by molar-refractivity contribution is 5.88. The smallest absolute Gasteiger partial charge is 0.0804 e. The summed E-state index contributed by atoms with van der Waals surface area (Å²) in [6.45, 7) is 3.12. The van der Waals surface area contributed by atoms with Crippen LogP contribution >= 0.6 is 0 Å². The van der Waals surface area contributed by atoms with Crippen molar-refractivity contribution < 1.29 is 0 Å². The minimum Gasteiger partial charge on any atom is -0.382 e. The molecule has 16 heavy (non-hydrogen) atoms. The van der Waals surface area contributed by atoms with Crippen molar-refractivity contribution in [2.75, 3.05) is 25.0 Å². The van der Waals surface area contributed by atoms with Crippen molar-refractivity contribution in [3.05, 3.63) is 29.8 Å². The average Bonchev–Trinajstić information content (AvgIpc) is 2.52. The van der Waals surface area contributed by atoms with Crippen LogP contribution in [0.4, 0.5) is 5.69 Å². The van der Waals surface area contributed by atoms with E-state index in [4.69, 9.17) is 4.99 Å². The molecule has 0 bridgehead atoms. The van der Waals surface area contributed by atoms with E-state index in [-0.39, 0.29) is 5.54 Å². The molecule has 0 aromatic heterocycles. The number of nitrogens with zero attached hydrogens (tertiary/aromatic N) is 1. The quantitative estimate of drug-likeness (QED) is 0.690. The van der Waals surface area contributed by atoms with Gasteiger partial charge >= 0.3 is 0 Å². The van der Waals surface area contributed by atoms with Crippen LogP contribution in [0.5, 0.6) is 0 Å². The highest BCUT2D eigenvalue weighted by Gasteiger charge is 2.31. The Morgan fingerprint density at radius 3 is 2.81 bits per heavy atom. The molecule has 0 amide bonds. The second kappa shape index (κ2) is 3.91. The van der Waals surface area contributed by atoms with Crippen LogP contribution in [0, 0.1) is 0 Å². The molecule has 1 saturated heterocycles. The minimum absolute atomic E-state index is 0.115. The molecule has 0 saturated carbocycles. The fraction of sp³-hybridized carbons (Fsp3) is 0.462. The fourth-order valence-corrected chi connectivity index (χ4v) is 2.48. The van der Waals surface area contributed by atoms with Crippen molar-refractivity contribution in [2.24, 2.45) is 4.99 Å². The lowest BCUT2D eigenvalue weighted by Crippen LogP contribution is -2.44. The van der Waals surface area contributed by atoms with E-state index in [2.05, 4.69) is 34.9 Å². The second-order valence-corrected chi connectivity index (χ2v) is 4.67. The summed E-state index contributed by atoms with van der Waals surface area (Å²) in [6, 6.07) is 8.38. The number of anilines is 1. The lowest BCUT2D eigenvalue weighted by atomic mass is 9.89. The maximum Gasteiger partial charge on any atom is 0.0804 e. The van der Waals surface area contributed by atoms with Crippen molar-refractivity contribution in [3.8, 4) is 0 Å². The number of para-hydroxylation sites is 1. The predicted molar refractivity (Wildman–Crippen MR) is 67.4 cm³/mol. The highest BCUT2D eigenvalue weighted by atomic mass is 15.0. The molecular formula is C13H17N3. The maximum absolute atomic E-state index is 4.83. The van der Waals surface area contributed by atoms with E-state index in [1.807, 2.05) is 6.21 Å². The Balaban J connectivity index is 1.90. The van der Waals surface area contributed by atoms with Crippen LogP contribution in [-0.2, 0) is 0 Å². The minimum atomic E-state index is 0.115. The van der Waals surface area contributed by atoms with Gasteiger partial charge in [-0.25, -0.2) is 0 Å². The molecule has 1 spiro atoms. The Labute approximate surface area is 96.0 Å². The molecule has 1 fully saturated rings. The van der Waals surface area contributed by atoms with E-state index >= 15 is 0 Å². The summed E-state index contributed by atoms with van der Waals surface area (Å²) >= 11 is 0. The standard InChI is InChI=1S/C13H17N3/c1-2-4-12-11(3-1)9-16-13(10-15-12)5-7-14-8-6-13/h1-4,9,14-15H,5-8,10H2. The Hall–Kier alpha value is -1.35. The first-order valence-electron chi connectivity index (χ1n) is 5.97. The average molecular weight is 215 g/mol. The highest BCUT2D eigenvalue weighted by Crippen LogP contribution is 2.27. The zero-order valence-electron chi connectivity index (χ0n) is 9.37. The molecular weight excluding hydrogens is 198 g/mol. The molecule has 0 radical (unpaired) electrons. The predicted octanol–water partition coefficient (Wildman–Crippen LogP) is 1.65. The van der Waals surface area contributed by atoms with Crippen molar-refractivity contribution >= 4 is 11.9 Å². The van der Waals surface area contributed by atoms with E-state index in [9.17, 15) is 0 Å². The summed E-state index contributed by atoms with van der Waals surface area (Å²) in [5, 5.41) is 6.93. The first-order valence-corrected chi connectivity index (χ1v) is 5.97. The van der Waals surface area contributed by atoms with Crippen LogP contribution in [-0.4, -0.2) is 31.4 Å². The summed E-state index contributed by atoms with van der Waals surface area (Å²) in [4.78, 5) is 4.83. The summed E-state index contributed by atoms with van der Waals surface area (Å²) in [6.07, 6.45) is 4.30. The van der Waals surface area contributed by atoms with Gasteiger partial charge in [-0.1, -0.05) is 18.2 Å². The molecule has 2 aliphatic rings. The van der Waals surface area contributed by atoms with Gasteiger partial charge in [0.15, 0.2) is 0 Å². The van der Waals surface area contributed by atoms with Gasteiger partial charge < -0.3 is 10.6 Å². The van der Waals surface area contributed by atoms with Crippen LogP contribution in [0.2, 0.25) is 0 Å². The van der Waals surface area contributed by atoms with Gasteiger partial charge in [-0.3, -0.25) is 4.99 Å². The fourth-order valence-electron chi connectivity index (χ4n) is 2.48. The zero-order chi connectivity index (χ0) is 10.8. The van der Waals surface area contributed by atoms with Crippen LogP contribution in [0.1, 0.15) is 18.4 Å².